The van der Waals surface area contributed by atoms with E-state index in [4.69, 9.17) is 9.47 Å². The van der Waals surface area contributed by atoms with E-state index < -0.39 is 0 Å². The van der Waals surface area contributed by atoms with Gasteiger partial charge in [-0.25, -0.2) is 0 Å². The van der Waals surface area contributed by atoms with Crippen LogP contribution in [0.3, 0.4) is 0 Å². The van der Waals surface area contributed by atoms with E-state index in [2.05, 4.69) is 27.7 Å². The summed E-state index contributed by atoms with van der Waals surface area (Å²) in [5.74, 6) is 0.328. The average Bonchev–Trinajstić information content (AvgIpc) is 2.66. The molecule has 0 radical (unpaired) electrons. The highest BCUT2D eigenvalue weighted by atomic mass is 16.5. The lowest BCUT2D eigenvalue weighted by Crippen LogP contribution is -2.24. The maximum Gasteiger partial charge on any atom is 0.309 e. The summed E-state index contributed by atoms with van der Waals surface area (Å²) in [6.45, 7) is 8.33. The molecule has 15 heavy (non-hydrogen) atoms. The molecule has 1 rings (SSSR count). The van der Waals surface area contributed by atoms with E-state index in [1.807, 2.05) is 0 Å². The van der Waals surface area contributed by atoms with Crippen LogP contribution in [-0.2, 0) is 14.3 Å². The van der Waals surface area contributed by atoms with Crippen LogP contribution in [0.1, 0.15) is 34.1 Å². The SMILES string of the molecule is COC(=O)C1C(CC(C)(C)OC)C1(C)C. The molecule has 2 unspecified atom stereocenters. The van der Waals surface area contributed by atoms with Crippen LogP contribution in [0.5, 0.6) is 0 Å². The zero-order valence-corrected chi connectivity index (χ0v) is 10.6. The van der Waals surface area contributed by atoms with Crippen LogP contribution in [0, 0.1) is 17.3 Å². The molecule has 0 aromatic heterocycles. The van der Waals surface area contributed by atoms with E-state index in [1.54, 1.807) is 7.11 Å². The van der Waals surface area contributed by atoms with E-state index in [0.29, 0.717) is 5.92 Å². The Labute approximate surface area is 92.1 Å². The monoisotopic (exact) mass is 214 g/mol. The molecule has 1 fully saturated rings. The van der Waals surface area contributed by atoms with Crippen molar-refractivity contribution < 1.29 is 14.3 Å². The Hall–Kier alpha value is -0.570. The van der Waals surface area contributed by atoms with Gasteiger partial charge < -0.3 is 9.47 Å². The van der Waals surface area contributed by atoms with E-state index in [9.17, 15) is 4.79 Å². The Kier molecular flexibility index (Phi) is 3.15. The number of carbonyl (C=O) groups excluding carboxylic acids is 1. The predicted octanol–water partition coefficient (Wildman–Crippen LogP) is 2.25. The molecule has 0 bridgehead atoms. The van der Waals surface area contributed by atoms with Crippen LogP contribution < -0.4 is 0 Å². The highest BCUT2D eigenvalue weighted by Gasteiger charge is 2.63. The quantitative estimate of drug-likeness (QED) is 0.673. The number of ether oxygens (including phenoxy) is 2. The third kappa shape index (κ3) is 2.33. The predicted molar refractivity (Wildman–Crippen MR) is 58.5 cm³/mol. The molecule has 0 heterocycles. The highest BCUT2D eigenvalue weighted by molar-refractivity contribution is 5.77. The molecule has 0 spiro atoms. The molecule has 0 aliphatic heterocycles. The van der Waals surface area contributed by atoms with Crippen molar-refractivity contribution in [2.75, 3.05) is 14.2 Å². The lowest BCUT2D eigenvalue weighted by Gasteiger charge is -2.23. The molecule has 3 nitrogen and oxygen atoms in total. The normalized spacial score (nSPS) is 28.7. The Morgan fingerprint density at radius 2 is 1.87 bits per heavy atom. The number of hydrogen-bond donors (Lipinski definition) is 0. The molecular formula is C12H22O3. The first-order valence-electron chi connectivity index (χ1n) is 5.39. The van der Waals surface area contributed by atoms with Gasteiger partial charge in [-0.3, -0.25) is 4.79 Å². The molecule has 0 amide bonds. The van der Waals surface area contributed by atoms with Crippen LogP contribution in [-0.4, -0.2) is 25.8 Å². The van der Waals surface area contributed by atoms with Crippen LogP contribution >= 0.6 is 0 Å². The Morgan fingerprint density at radius 1 is 1.33 bits per heavy atom. The van der Waals surface area contributed by atoms with Crippen LogP contribution in [0.15, 0.2) is 0 Å². The minimum atomic E-state index is -0.162. The standard InChI is InChI=1S/C12H22O3/c1-11(2,15-6)7-8-9(10(13)14-5)12(8,3)4/h8-9H,7H2,1-6H3. The number of carbonyl (C=O) groups is 1. The molecule has 0 aromatic rings. The van der Waals surface area contributed by atoms with E-state index in [0.717, 1.165) is 6.42 Å². The van der Waals surface area contributed by atoms with Gasteiger partial charge >= 0.3 is 5.97 Å². The summed E-state index contributed by atoms with van der Waals surface area (Å²) in [6, 6.07) is 0. The molecule has 3 heteroatoms. The van der Waals surface area contributed by atoms with E-state index in [1.165, 1.54) is 7.11 Å². The van der Waals surface area contributed by atoms with Gasteiger partial charge in [0.15, 0.2) is 0 Å². The minimum Gasteiger partial charge on any atom is -0.469 e. The molecule has 1 aliphatic carbocycles. The lowest BCUT2D eigenvalue weighted by molar-refractivity contribution is -0.143. The molecule has 0 aromatic carbocycles. The van der Waals surface area contributed by atoms with E-state index >= 15 is 0 Å². The fourth-order valence-electron chi connectivity index (χ4n) is 2.33. The Morgan fingerprint density at radius 3 is 2.27 bits per heavy atom. The summed E-state index contributed by atoms with van der Waals surface area (Å²) in [5, 5.41) is 0. The minimum absolute atomic E-state index is 0.0388. The lowest BCUT2D eigenvalue weighted by atomic mass is 9.97. The number of hydrogen-bond acceptors (Lipinski definition) is 3. The largest absolute Gasteiger partial charge is 0.469 e. The second-order valence-corrected chi connectivity index (χ2v) is 5.60. The van der Waals surface area contributed by atoms with Gasteiger partial charge in [-0.2, -0.15) is 0 Å². The zero-order valence-electron chi connectivity index (χ0n) is 10.6. The summed E-state index contributed by atoms with van der Waals surface area (Å²) >= 11 is 0. The molecule has 1 saturated carbocycles. The van der Waals surface area contributed by atoms with Gasteiger partial charge in [0.2, 0.25) is 0 Å². The molecule has 88 valence electrons. The number of esters is 1. The van der Waals surface area contributed by atoms with Crippen molar-refractivity contribution in [1.29, 1.82) is 0 Å². The first-order chi connectivity index (χ1) is 6.76. The van der Waals surface area contributed by atoms with Crippen LogP contribution in [0.25, 0.3) is 0 Å². The summed E-state index contributed by atoms with van der Waals surface area (Å²) in [6.07, 6.45) is 0.899. The first-order valence-corrected chi connectivity index (χ1v) is 5.39. The third-order valence-corrected chi connectivity index (χ3v) is 3.77. The first kappa shape index (κ1) is 12.5. The van der Waals surface area contributed by atoms with Crippen molar-refractivity contribution in [1.82, 2.24) is 0 Å². The van der Waals surface area contributed by atoms with Gasteiger partial charge in [-0.15, -0.1) is 0 Å². The zero-order chi connectivity index (χ0) is 11.9. The van der Waals surface area contributed by atoms with E-state index in [-0.39, 0.29) is 22.9 Å². The van der Waals surface area contributed by atoms with Gasteiger partial charge in [0.25, 0.3) is 0 Å². The fraction of sp³-hybridized carbons (Fsp3) is 0.917. The highest BCUT2D eigenvalue weighted by Crippen LogP contribution is 2.61. The van der Waals surface area contributed by atoms with Gasteiger partial charge in [-0.1, -0.05) is 13.8 Å². The van der Waals surface area contributed by atoms with Crippen LogP contribution in [0.2, 0.25) is 0 Å². The smallest absolute Gasteiger partial charge is 0.309 e. The molecule has 0 saturated heterocycles. The summed E-state index contributed by atoms with van der Waals surface area (Å²) in [7, 11) is 3.16. The van der Waals surface area contributed by atoms with Gasteiger partial charge in [-0.05, 0) is 31.6 Å². The van der Waals surface area contributed by atoms with Gasteiger partial charge in [0, 0.05) is 7.11 Å². The van der Waals surface area contributed by atoms with Crippen molar-refractivity contribution >= 4 is 5.97 Å². The molecule has 1 aliphatic rings. The maximum atomic E-state index is 11.5. The summed E-state index contributed by atoms with van der Waals surface area (Å²) in [4.78, 5) is 11.5. The van der Waals surface area contributed by atoms with Crippen molar-refractivity contribution in [3.8, 4) is 0 Å². The number of rotatable bonds is 4. The molecule has 0 N–H and O–H groups in total. The third-order valence-electron chi connectivity index (χ3n) is 3.77. The Balaban J connectivity index is 2.63. The van der Waals surface area contributed by atoms with Crippen molar-refractivity contribution in [3.05, 3.63) is 0 Å². The fourth-order valence-corrected chi connectivity index (χ4v) is 2.33. The second kappa shape index (κ2) is 3.78. The maximum absolute atomic E-state index is 11.5. The van der Waals surface area contributed by atoms with Gasteiger partial charge in [0.1, 0.15) is 0 Å². The van der Waals surface area contributed by atoms with Crippen molar-refractivity contribution in [2.45, 2.75) is 39.7 Å². The van der Waals surface area contributed by atoms with Crippen molar-refractivity contribution in [2.24, 2.45) is 17.3 Å². The second-order valence-electron chi connectivity index (χ2n) is 5.60. The molecule has 2 atom stereocenters. The summed E-state index contributed by atoms with van der Waals surface area (Å²) < 4.78 is 10.2. The topological polar surface area (TPSA) is 35.5 Å². The Bertz CT molecular complexity index is 256. The van der Waals surface area contributed by atoms with Crippen LogP contribution in [0.4, 0.5) is 0 Å². The average molecular weight is 214 g/mol. The number of methoxy groups -OCH3 is 2. The van der Waals surface area contributed by atoms with Gasteiger partial charge in [0.05, 0.1) is 18.6 Å². The summed E-state index contributed by atoms with van der Waals surface area (Å²) in [5.41, 5.74) is -0.104. The molecular weight excluding hydrogens is 192 g/mol. The van der Waals surface area contributed by atoms with Crippen molar-refractivity contribution in [3.63, 3.8) is 0 Å².